The lowest BCUT2D eigenvalue weighted by atomic mass is 10.2. The fraction of sp³-hybridized carbons (Fsp3) is 0.471. The number of nitrogens with zero attached hydrogens (tertiary/aromatic N) is 5. The van der Waals surface area contributed by atoms with Gasteiger partial charge in [0.25, 0.3) is 0 Å². The highest BCUT2D eigenvalue weighted by molar-refractivity contribution is 5.86. The molecule has 0 spiro atoms. The lowest BCUT2D eigenvalue weighted by Gasteiger charge is -2.26. The van der Waals surface area contributed by atoms with Crippen molar-refractivity contribution < 1.29 is 9.53 Å². The average Bonchev–Trinajstić information content (AvgIpc) is 3.15. The van der Waals surface area contributed by atoms with Gasteiger partial charge >= 0.3 is 5.97 Å². The molecule has 1 fully saturated rings. The van der Waals surface area contributed by atoms with Crippen molar-refractivity contribution in [3.63, 3.8) is 0 Å². The highest BCUT2D eigenvalue weighted by Crippen LogP contribution is 2.25. The first-order chi connectivity index (χ1) is 12.7. The van der Waals surface area contributed by atoms with Crippen LogP contribution in [0.4, 0.5) is 17.5 Å². The van der Waals surface area contributed by atoms with Crippen LogP contribution in [0.2, 0.25) is 0 Å². The first-order valence-corrected chi connectivity index (χ1v) is 8.70. The highest BCUT2D eigenvalue weighted by atomic mass is 16.5. The summed E-state index contributed by atoms with van der Waals surface area (Å²) in [6.45, 7) is 3.74. The van der Waals surface area contributed by atoms with Gasteiger partial charge in [0.15, 0.2) is 5.69 Å². The average molecular weight is 357 g/mol. The Morgan fingerprint density at radius 3 is 2.88 bits per heavy atom. The van der Waals surface area contributed by atoms with Crippen LogP contribution >= 0.6 is 0 Å². The molecule has 3 heterocycles. The molecule has 2 aromatic heterocycles. The maximum atomic E-state index is 11.6. The van der Waals surface area contributed by atoms with Gasteiger partial charge in [0.05, 0.1) is 19.0 Å². The minimum Gasteiger partial charge on any atom is -0.461 e. The van der Waals surface area contributed by atoms with Crippen LogP contribution in [0.25, 0.3) is 0 Å². The minimum absolute atomic E-state index is 0.209. The molecule has 26 heavy (non-hydrogen) atoms. The number of hydrogen-bond acceptors (Lipinski definition) is 9. The minimum atomic E-state index is -0.461. The van der Waals surface area contributed by atoms with Gasteiger partial charge in [-0.3, -0.25) is 0 Å². The molecule has 1 aliphatic rings. The number of carbonyl (C=O) groups excluding carboxylic acids is 1. The van der Waals surface area contributed by atoms with Crippen molar-refractivity contribution in [2.75, 3.05) is 42.3 Å². The largest absolute Gasteiger partial charge is 0.461 e. The second-order valence-corrected chi connectivity index (χ2v) is 5.89. The lowest BCUT2D eigenvalue weighted by Crippen LogP contribution is -2.35. The Labute approximate surface area is 152 Å². The maximum absolute atomic E-state index is 11.6. The Morgan fingerprint density at radius 1 is 1.27 bits per heavy atom. The molecule has 1 atom stereocenters. The van der Waals surface area contributed by atoms with Gasteiger partial charge in [-0.2, -0.15) is 0 Å². The number of esters is 1. The van der Waals surface area contributed by atoms with Crippen molar-refractivity contribution in [1.82, 2.24) is 19.9 Å². The van der Waals surface area contributed by atoms with Crippen LogP contribution in [0.1, 0.15) is 30.3 Å². The monoisotopic (exact) mass is 357 g/mol. The van der Waals surface area contributed by atoms with E-state index in [0.29, 0.717) is 25.0 Å². The molecule has 1 aliphatic heterocycles. The summed E-state index contributed by atoms with van der Waals surface area (Å²) in [6.07, 6.45) is 6.73. The van der Waals surface area contributed by atoms with Crippen LogP contribution in [-0.4, -0.2) is 58.7 Å². The summed E-state index contributed by atoms with van der Waals surface area (Å²) in [5.41, 5.74) is 0.209. The standard InChI is InChI=1S/C17H23N7O2/c1-3-26-17(25)13-9-21-15(10-19-13)20-8-12-5-4-6-24(12)16-7-14(18-2)22-11-23-16/h7,9-12H,3-6,8H2,1-2H3,(H,20,21)(H,18,22,23). The predicted octanol–water partition coefficient (Wildman–Crippen LogP) is 1.57. The van der Waals surface area contributed by atoms with Gasteiger partial charge in [-0.1, -0.05) is 0 Å². The molecule has 0 bridgehead atoms. The molecule has 1 saturated heterocycles. The number of carbonyl (C=O) groups is 1. The molecule has 0 aromatic carbocycles. The second-order valence-electron chi connectivity index (χ2n) is 5.89. The quantitative estimate of drug-likeness (QED) is 0.714. The molecule has 9 heteroatoms. The van der Waals surface area contributed by atoms with E-state index >= 15 is 0 Å². The van der Waals surface area contributed by atoms with Gasteiger partial charge in [-0.05, 0) is 19.8 Å². The van der Waals surface area contributed by atoms with E-state index in [-0.39, 0.29) is 5.69 Å². The Morgan fingerprint density at radius 2 is 2.15 bits per heavy atom. The number of nitrogens with one attached hydrogen (secondary N) is 2. The Kier molecular flexibility index (Phi) is 5.77. The molecule has 0 radical (unpaired) electrons. The van der Waals surface area contributed by atoms with Crippen molar-refractivity contribution in [3.05, 3.63) is 30.5 Å². The third kappa shape index (κ3) is 4.16. The van der Waals surface area contributed by atoms with Crippen molar-refractivity contribution in [2.24, 2.45) is 0 Å². The van der Waals surface area contributed by atoms with Gasteiger partial charge in [0.1, 0.15) is 23.8 Å². The van der Waals surface area contributed by atoms with Crippen molar-refractivity contribution in [1.29, 1.82) is 0 Å². The Balaban J connectivity index is 1.60. The van der Waals surface area contributed by atoms with E-state index in [4.69, 9.17) is 4.74 Å². The van der Waals surface area contributed by atoms with E-state index in [1.54, 1.807) is 19.4 Å². The van der Waals surface area contributed by atoms with E-state index in [2.05, 4.69) is 35.5 Å². The third-order valence-electron chi connectivity index (χ3n) is 4.24. The van der Waals surface area contributed by atoms with Gasteiger partial charge in [-0.25, -0.2) is 24.7 Å². The second kappa shape index (κ2) is 8.41. The predicted molar refractivity (Wildman–Crippen MR) is 98.4 cm³/mol. The molecule has 2 N–H and O–H groups in total. The lowest BCUT2D eigenvalue weighted by molar-refractivity contribution is 0.0519. The summed E-state index contributed by atoms with van der Waals surface area (Å²) < 4.78 is 4.91. The zero-order valence-electron chi connectivity index (χ0n) is 15.0. The summed E-state index contributed by atoms with van der Waals surface area (Å²) in [6, 6.07) is 2.26. The summed E-state index contributed by atoms with van der Waals surface area (Å²) in [5.74, 6) is 1.88. The van der Waals surface area contributed by atoms with Crippen LogP contribution < -0.4 is 15.5 Å². The van der Waals surface area contributed by atoms with Crippen LogP contribution in [0.3, 0.4) is 0 Å². The number of hydrogen-bond donors (Lipinski definition) is 2. The van der Waals surface area contributed by atoms with Crippen molar-refractivity contribution in [3.8, 4) is 0 Å². The molecule has 1 unspecified atom stereocenters. The number of anilines is 3. The molecule has 9 nitrogen and oxygen atoms in total. The molecular formula is C17H23N7O2. The van der Waals surface area contributed by atoms with Crippen LogP contribution in [-0.2, 0) is 4.74 Å². The van der Waals surface area contributed by atoms with Gasteiger partial charge in [0, 0.05) is 32.2 Å². The number of rotatable bonds is 7. The summed E-state index contributed by atoms with van der Waals surface area (Å²) in [7, 11) is 1.84. The molecular weight excluding hydrogens is 334 g/mol. The zero-order valence-corrected chi connectivity index (χ0v) is 15.0. The Bertz CT molecular complexity index is 738. The van der Waals surface area contributed by atoms with Crippen LogP contribution in [0.5, 0.6) is 0 Å². The van der Waals surface area contributed by atoms with E-state index < -0.39 is 5.97 Å². The molecule has 0 saturated carbocycles. The maximum Gasteiger partial charge on any atom is 0.358 e. The smallest absolute Gasteiger partial charge is 0.358 e. The zero-order chi connectivity index (χ0) is 18.4. The summed E-state index contributed by atoms with van der Waals surface area (Å²) >= 11 is 0. The fourth-order valence-corrected chi connectivity index (χ4v) is 2.94. The SMILES string of the molecule is CCOC(=O)c1cnc(NCC2CCCN2c2cc(NC)ncn2)cn1. The first kappa shape index (κ1) is 17.8. The van der Waals surface area contributed by atoms with Crippen molar-refractivity contribution >= 4 is 23.4 Å². The van der Waals surface area contributed by atoms with Crippen LogP contribution in [0, 0.1) is 0 Å². The van der Waals surface area contributed by atoms with E-state index in [1.165, 1.54) is 6.20 Å². The van der Waals surface area contributed by atoms with Gasteiger partial charge in [-0.15, -0.1) is 0 Å². The molecule has 0 aliphatic carbocycles. The van der Waals surface area contributed by atoms with Crippen molar-refractivity contribution in [2.45, 2.75) is 25.8 Å². The third-order valence-corrected chi connectivity index (χ3v) is 4.24. The van der Waals surface area contributed by atoms with Gasteiger partial charge in [0.2, 0.25) is 0 Å². The number of ether oxygens (including phenoxy) is 1. The molecule has 2 aromatic rings. The summed E-state index contributed by atoms with van der Waals surface area (Å²) in [4.78, 5) is 30.8. The topological polar surface area (TPSA) is 105 Å². The highest BCUT2D eigenvalue weighted by Gasteiger charge is 2.26. The Hall–Kier alpha value is -2.97. The molecule has 138 valence electrons. The number of aromatic nitrogens is 4. The van der Waals surface area contributed by atoms with Gasteiger partial charge < -0.3 is 20.3 Å². The van der Waals surface area contributed by atoms with Crippen LogP contribution in [0.15, 0.2) is 24.8 Å². The fourth-order valence-electron chi connectivity index (χ4n) is 2.94. The normalized spacial score (nSPS) is 16.4. The van der Waals surface area contributed by atoms with E-state index in [1.807, 2.05) is 13.1 Å². The summed E-state index contributed by atoms with van der Waals surface area (Å²) in [5, 5.41) is 6.32. The molecule has 3 rings (SSSR count). The van der Waals surface area contributed by atoms with E-state index in [9.17, 15) is 4.79 Å². The van der Waals surface area contributed by atoms with E-state index in [0.717, 1.165) is 31.0 Å². The first-order valence-electron chi connectivity index (χ1n) is 8.70. The molecule has 0 amide bonds.